The third-order valence-corrected chi connectivity index (χ3v) is 4.15. The SMILES string of the molecule is O=C(COC[C@H]1CCCO1)NCc1ccc(-c2ccccc2Cl)o1. The number of ether oxygens (including phenoxy) is 2. The fourth-order valence-electron chi connectivity index (χ4n) is 2.57. The van der Waals surface area contributed by atoms with Gasteiger partial charge in [0.05, 0.1) is 24.3 Å². The maximum atomic E-state index is 11.8. The third-order valence-electron chi connectivity index (χ3n) is 3.82. The highest BCUT2D eigenvalue weighted by molar-refractivity contribution is 6.33. The molecule has 0 spiro atoms. The van der Waals surface area contributed by atoms with E-state index in [4.69, 9.17) is 25.5 Å². The molecule has 0 unspecified atom stereocenters. The van der Waals surface area contributed by atoms with Crippen molar-refractivity contribution in [3.63, 3.8) is 0 Å². The van der Waals surface area contributed by atoms with Gasteiger partial charge in [-0.2, -0.15) is 0 Å². The van der Waals surface area contributed by atoms with E-state index >= 15 is 0 Å². The summed E-state index contributed by atoms with van der Waals surface area (Å²) in [6.45, 7) is 1.59. The molecule has 1 aliphatic rings. The van der Waals surface area contributed by atoms with Gasteiger partial charge in [-0.25, -0.2) is 0 Å². The van der Waals surface area contributed by atoms with Gasteiger partial charge >= 0.3 is 0 Å². The second kappa shape index (κ2) is 8.33. The van der Waals surface area contributed by atoms with Crippen molar-refractivity contribution in [2.75, 3.05) is 19.8 Å². The van der Waals surface area contributed by atoms with Gasteiger partial charge in [0.1, 0.15) is 18.1 Å². The Hall–Kier alpha value is -1.82. The third kappa shape index (κ3) is 4.60. The predicted octanol–water partition coefficient (Wildman–Crippen LogP) is 3.41. The molecule has 0 aliphatic carbocycles. The van der Waals surface area contributed by atoms with Crippen LogP contribution >= 0.6 is 11.6 Å². The summed E-state index contributed by atoms with van der Waals surface area (Å²) < 4.78 is 16.5. The first-order chi connectivity index (χ1) is 11.7. The highest BCUT2D eigenvalue weighted by Gasteiger charge is 2.16. The Kier molecular flexibility index (Phi) is 5.91. The van der Waals surface area contributed by atoms with E-state index in [9.17, 15) is 4.79 Å². The molecule has 5 nitrogen and oxygen atoms in total. The summed E-state index contributed by atoms with van der Waals surface area (Å²) >= 11 is 6.15. The monoisotopic (exact) mass is 349 g/mol. The maximum absolute atomic E-state index is 11.8. The molecule has 0 bridgehead atoms. The van der Waals surface area contributed by atoms with E-state index in [1.54, 1.807) is 0 Å². The fraction of sp³-hybridized carbons (Fsp3) is 0.389. The Morgan fingerprint density at radius 1 is 1.29 bits per heavy atom. The maximum Gasteiger partial charge on any atom is 0.246 e. The van der Waals surface area contributed by atoms with Gasteiger partial charge in [0.25, 0.3) is 0 Å². The van der Waals surface area contributed by atoms with Crippen molar-refractivity contribution in [3.05, 3.63) is 47.2 Å². The van der Waals surface area contributed by atoms with Crippen LogP contribution in [-0.4, -0.2) is 31.8 Å². The zero-order valence-corrected chi connectivity index (χ0v) is 14.1. The number of furan rings is 1. The summed E-state index contributed by atoms with van der Waals surface area (Å²) in [5.41, 5.74) is 0.830. The molecular formula is C18H20ClNO4. The van der Waals surface area contributed by atoms with Gasteiger partial charge in [-0.05, 0) is 37.1 Å². The molecule has 2 heterocycles. The minimum absolute atomic E-state index is 0.0257. The van der Waals surface area contributed by atoms with Crippen molar-refractivity contribution < 1.29 is 18.7 Å². The van der Waals surface area contributed by atoms with Crippen LogP contribution in [-0.2, 0) is 20.8 Å². The van der Waals surface area contributed by atoms with E-state index in [0.717, 1.165) is 25.0 Å². The minimum Gasteiger partial charge on any atom is -0.459 e. The van der Waals surface area contributed by atoms with Gasteiger partial charge in [-0.1, -0.05) is 23.7 Å². The average Bonchev–Trinajstić information content (AvgIpc) is 3.25. The summed E-state index contributed by atoms with van der Waals surface area (Å²) in [6, 6.07) is 11.1. The standard InChI is InChI=1S/C18H20ClNO4/c19-16-6-2-1-5-15(16)17-8-7-13(24-17)10-20-18(21)12-22-11-14-4-3-9-23-14/h1-2,5-8,14H,3-4,9-12H2,(H,20,21)/t14-/m1/s1. The number of carbonyl (C=O) groups excluding carboxylic acids is 1. The average molecular weight is 350 g/mol. The van der Waals surface area contributed by atoms with Gasteiger partial charge in [0.2, 0.25) is 5.91 Å². The van der Waals surface area contributed by atoms with Crippen LogP contribution in [0.2, 0.25) is 5.02 Å². The van der Waals surface area contributed by atoms with Crippen molar-refractivity contribution in [1.82, 2.24) is 5.32 Å². The van der Waals surface area contributed by atoms with Gasteiger partial charge in [-0.3, -0.25) is 4.79 Å². The second-order valence-electron chi connectivity index (χ2n) is 5.67. The van der Waals surface area contributed by atoms with E-state index < -0.39 is 0 Å². The minimum atomic E-state index is -0.177. The van der Waals surface area contributed by atoms with E-state index in [2.05, 4.69) is 5.32 Å². The Bertz CT molecular complexity index is 679. The lowest BCUT2D eigenvalue weighted by atomic mass is 10.2. The molecule has 1 amide bonds. The van der Waals surface area contributed by atoms with E-state index in [-0.39, 0.29) is 18.6 Å². The Labute approximate surface area is 145 Å². The number of hydrogen-bond donors (Lipinski definition) is 1. The van der Waals surface area contributed by atoms with Crippen LogP contribution in [0.1, 0.15) is 18.6 Å². The van der Waals surface area contributed by atoms with Crippen molar-refractivity contribution in [2.24, 2.45) is 0 Å². The van der Waals surface area contributed by atoms with Crippen molar-refractivity contribution in [2.45, 2.75) is 25.5 Å². The van der Waals surface area contributed by atoms with E-state index in [1.807, 2.05) is 36.4 Å². The van der Waals surface area contributed by atoms with E-state index in [0.29, 0.717) is 29.7 Å². The Morgan fingerprint density at radius 2 is 2.17 bits per heavy atom. The number of nitrogens with one attached hydrogen (secondary N) is 1. The summed E-state index contributed by atoms with van der Waals surface area (Å²) in [6.07, 6.45) is 2.19. The molecule has 24 heavy (non-hydrogen) atoms. The summed E-state index contributed by atoms with van der Waals surface area (Å²) in [4.78, 5) is 11.8. The first-order valence-electron chi connectivity index (χ1n) is 8.02. The molecule has 1 atom stereocenters. The molecule has 6 heteroatoms. The molecule has 128 valence electrons. The molecule has 0 saturated carbocycles. The molecule has 1 fully saturated rings. The zero-order chi connectivity index (χ0) is 16.8. The predicted molar refractivity (Wildman–Crippen MR) is 90.8 cm³/mol. The number of amides is 1. The number of benzene rings is 1. The van der Waals surface area contributed by atoms with E-state index in [1.165, 1.54) is 0 Å². The first-order valence-corrected chi connectivity index (χ1v) is 8.40. The first kappa shape index (κ1) is 17.0. The molecule has 1 saturated heterocycles. The van der Waals surface area contributed by atoms with Crippen LogP contribution < -0.4 is 5.32 Å². The largest absolute Gasteiger partial charge is 0.459 e. The van der Waals surface area contributed by atoms with Crippen molar-refractivity contribution in [1.29, 1.82) is 0 Å². The molecule has 3 rings (SSSR count). The summed E-state index contributed by atoms with van der Waals surface area (Å²) in [5, 5.41) is 3.40. The van der Waals surface area contributed by atoms with Crippen LogP contribution in [0.4, 0.5) is 0 Å². The normalized spacial score (nSPS) is 17.1. The Morgan fingerprint density at radius 3 is 2.96 bits per heavy atom. The number of halogens is 1. The summed E-state index contributed by atoms with van der Waals surface area (Å²) in [7, 11) is 0. The molecule has 1 N–H and O–H groups in total. The fourth-order valence-corrected chi connectivity index (χ4v) is 2.80. The Balaban J connectivity index is 1.43. The molecular weight excluding hydrogens is 330 g/mol. The number of carbonyl (C=O) groups is 1. The highest BCUT2D eigenvalue weighted by Crippen LogP contribution is 2.28. The van der Waals surface area contributed by atoms with Crippen molar-refractivity contribution >= 4 is 17.5 Å². The van der Waals surface area contributed by atoms with Crippen LogP contribution in [0.15, 0.2) is 40.8 Å². The lowest BCUT2D eigenvalue weighted by molar-refractivity contribution is -0.127. The molecule has 1 aliphatic heterocycles. The molecule has 2 aromatic rings. The van der Waals surface area contributed by atoms with Crippen molar-refractivity contribution in [3.8, 4) is 11.3 Å². The lowest BCUT2D eigenvalue weighted by Crippen LogP contribution is -2.28. The van der Waals surface area contributed by atoms with Gasteiger partial charge in [0, 0.05) is 12.2 Å². The van der Waals surface area contributed by atoms with Gasteiger partial charge in [-0.15, -0.1) is 0 Å². The molecule has 1 aromatic heterocycles. The van der Waals surface area contributed by atoms with Gasteiger partial charge < -0.3 is 19.2 Å². The highest BCUT2D eigenvalue weighted by atomic mass is 35.5. The summed E-state index contributed by atoms with van der Waals surface area (Å²) in [5.74, 6) is 1.17. The molecule has 1 aromatic carbocycles. The smallest absolute Gasteiger partial charge is 0.246 e. The molecule has 0 radical (unpaired) electrons. The topological polar surface area (TPSA) is 60.7 Å². The lowest BCUT2D eigenvalue weighted by Gasteiger charge is -2.09. The van der Waals surface area contributed by atoms with Gasteiger partial charge in [0.15, 0.2) is 0 Å². The second-order valence-corrected chi connectivity index (χ2v) is 6.08. The van der Waals surface area contributed by atoms with Crippen LogP contribution in [0.5, 0.6) is 0 Å². The van der Waals surface area contributed by atoms with Crippen LogP contribution in [0.3, 0.4) is 0 Å². The van der Waals surface area contributed by atoms with Crippen LogP contribution in [0.25, 0.3) is 11.3 Å². The number of rotatable bonds is 7. The quantitative estimate of drug-likeness (QED) is 0.832. The number of hydrogen-bond acceptors (Lipinski definition) is 4. The van der Waals surface area contributed by atoms with Crippen LogP contribution in [0, 0.1) is 0 Å². The zero-order valence-electron chi connectivity index (χ0n) is 13.3.